The lowest BCUT2D eigenvalue weighted by Gasteiger charge is -2.12. The lowest BCUT2D eigenvalue weighted by Crippen LogP contribution is -2.21. The van der Waals surface area contributed by atoms with Crippen molar-refractivity contribution in [1.29, 1.82) is 0 Å². The van der Waals surface area contributed by atoms with E-state index in [9.17, 15) is 14.9 Å². The number of hydrogen-bond donors (Lipinski definition) is 2. The van der Waals surface area contributed by atoms with Crippen LogP contribution in [0.4, 0.5) is 5.69 Å². The monoisotopic (exact) mass is 256 g/mol. The number of methoxy groups -OCH3 is 2. The smallest absolute Gasteiger partial charge is 0.325 e. The maximum Gasteiger partial charge on any atom is 0.325 e. The zero-order valence-corrected chi connectivity index (χ0v) is 9.75. The number of carboxylic acids is 1. The summed E-state index contributed by atoms with van der Waals surface area (Å²) < 4.78 is 9.85. The number of benzene rings is 1. The van der Waals surface area contributed by atoms with Gasteiger partial charge in [-0.1, -0.05) is 0 Å². The van der Waals surface area contributed by atoms with Crippen molar-refractivity contribution in [3.8, 4) is 11.5 Å². The van der Waals surface area contributed by atoms with Crippen molar-refractivity contribution in [2.75, 3.05) is 14.2 Å². The Hall–Kier alpha value is -2.35. The highest BCUT2D eigenvalue weighted by Gasteiger charge is 2.27. The average Bonchev–Trinajstić information content (AvgIpc) is 2.35. The van der Waals surface area contributed by atoms with Crippen LogP contribution in [-0.2, 0) is 4.79 Å². The van der Waals surface area contributed by atoms with E-state index in [1.54, 1.807) is 0 Å². The molecule has 1 aromatic carbocycles. The number of hydrogen-bond acceptors (Lipinski definition) is 6. The number of rotatable bonds is 5. The van der Waals surface area contributed by atoms with Crippen LogP contribution >= 0.6 is 0 Å². The molecule has 1 aromatic rings. The van der Waals surface area contributed by atoms with Gasteiger partial charge in [0.1, 0.15) is 6.04 Å². The Kier molecular flexibility index (Phi) is 4.05. The molecule has 8 nitrogen and oxygen atoms in total. The standard InChI is InChI=1S/C10H12N2O6/c1-17-7-3-5(9(11)10(13)14)6(12(15)16)4-8(7)18-2/h3-4,9H,11H2,1-2H3,(H,13,14)/t9-/m1/s1. The highest BCUT2D eigenvalue weighted by molar-refractivity contribution is 5.78. The van der Waals surface area contributed by atoms with Crippen LogP contribution in [0, 0.1) is 10.1 Å². The Balaban J connectivity index is 3.47. The molecule has 98 valence electrons. The minimum absolute atomic E-state index is 0.130. The fraction of sp³-hybridized carbons (Fsp3) is 0.300. The van der Waals surface area contributed by atoms with Crippen molar-refractivity contribution in [3.63, 3.8) is 0 Å². The van der Waals surface area contributed by atoms with Crippen LogP contribution in [0.25, 0.3) is 0 Å². The Morgan fingerprint density at radius 2 is 1.89 bits per heavy atom. The van der Waals surface area contributed by atoms with E-state index in [-0.39, 0.29) is 17.1 Å². The zero-order valence-electron chi connectivity index (χ0n) is 9.75. The number of carboxylic acid groups (broad SMARTS) is 1. The van der Waals surface area contributed by atoms with Gasteiger partial charge in [-0.05, 0) is 6.07 Å². The molecule has 0 aromatic heterocycles. The number of nitro groups is 1. The van der Waals surface area contributed by atoms with Crippen molar-refractivity contribution in [2.24, 2.45) is 5.73 Å². The topological polar surface area (TPSA) is 125 Å². The van der Waals surface area contributed by atoms with Crippen molar-refractivity contribution >= 4 is 11.7 Å². The number of ether oxygens (including phenoxy) is 2. The minimum atomic E-state index is -1.51. The molecule has 0 unspecified atom stereocenters. The molecule has 0 aliphatic rings. The first-order valence-electron chi connectivity index (χ1n) is 4.81. The average molecular weight is 256 g/mol. The van der Waals surface area contributed by atoms with Crippen LogP contribution in [0.3, 0.4) is 0 Å². The van der Waals surface area contributed by atoms with E-state index < -0.39 is 22.6 Å². The van der Waals surface area contributed by atoms with Gasteiger partial charge >= 0.3 is 5.97 Å². The molecule has 0 spiro atoms. The lowest BCUT2D eigenvalue weighted by molar-refractivity contribution is -0.385. The second-order valence-electron chi connectivity index (χ2n) is 3.34. The summed E-state index contributed by atoms with van der Waals surface area (Å²) in [6, 6.07) is 0.761. The van der Waals surface area contributed by atoms with Crippen LogP contribution in [0.15, 0.2) is 12.1 Å². The summed E-state index contributed by atoms with van der Waals surface area (Å²) in [4.78, 5) is 21.0. The van der Waals surface area contributed by atoms with Gasteiger partial charge in [0, 0.05) is 0 Å². The predicted octanol–water partition coefficient (Wildman–Crippen LogP) is 0.696. The van der Waals surface area contributed by atoms with Gasteiger partial charge in [-0.15, -0.1) is 0 Å². The summed E-state index contributed by atoms with van der Waals surface area (Å²) in [5, 5.41) is 19.7. The summed E-state index contributed by atoms with van der Waals surface area (Å²) in [5.74, 6) is -1.06. The van der Waals surface area contributed by atoms with Gasteiger partial charge in [0.05, 0.1) is 30.8 Å². The summed E-state index contributed by atoms with van der Waals surface area (Å²) in [6.07, 6.45) is 0. The SMILES string of the molecule is COc1cc([C@@H](N)C(=O)O)c([N+](=O)[O-])cc1OC. The third-order valence-electron chi connectivity index (χ3n) is 2.33. The van der Waals surface area contributed by atoms with Crippen molar-refractivity contribution in [2.45, 2.75) is 6.04 Å². The first-order chi connectivity index (χ1) is 8.42. The molecule has 1 atom stereocenters. The summed E-state index contributed by atoms with van der Waals surface area (Å²) in [7, 11) is 2.65. The Morgan fingerprint density at radius 1 is 1.39 bits per heavy atom. The third-order valence-corrected chi connectivity index (χ3v) is 2.33. The van der Waals surface area contributed by atoms with Crippen molar-refractivity contribution in [1.82, 2.24) is 0 Å². The first-order valence-corrected chi connectivity index (χ1v) is 4.81. The van der Waals surface area contributed by atoms with E-state index in [4.69, 9.17) is 20.3 Å². The van der Waals surface area contributed by atoms with Crippen LogP contribution in [0.5, 0.6) is 11.5 Å². The predicted molar refractivity (Wildman–Crippen MR) is 60.8 cm³/mol. The van der Waals surface area contributed by atoms with E-state index in [1.807, 2.05) is 0 Å². The maximum atomic E-state index is 10.9. The number of nitrogens with zero attached hydrogens (tertiary/aromatic N) is 1. The number of aliphatic carboxylic acids is 1. The minimum Gasteiger partial charge on any atom is -0.493 e. The number of nitro benzene ring substituents is 1. The fourth-order valence-corrected chi connectivity index (χ4v) is 1.42. The molecule has 0 aliphatic carbocycles. The molecular weight excluding hydrogens is 244 g/mol. The highest BCUT2D eigenvalue weighted by Crippen LogP contribution is 2.36. The van der Waals surface area contributed by atoms with Crippen LogP contribution in [0.1, 0.15) is 11.6 Å². The molecule has 3 N–H and O–H groups in total. The number of nitrogens with two attached hydrogens (primary N) is 1. The Morgan fingerprint density at radius 3 is 2.28 bits per heavy atom. The first kappa shape index (κ1) is 13.7. The van der Waals surface area contributed by atoms with E-state index in [2.05, 4.69) is 0 Å². The normalized spacial score (nSPS) is 11.7. The van der Waals surface area contributed by atoms with Gasteiger partial charge in [-0.3, -0.25) is 14.9 Å². The van der Waals surface area contributed by atoms with Gasteiger partial charge in [0.25, 0.3) is 5.69 Å². The Labute approximate surface area is 102 Å². The molecule has 0 heterocycles. The van der Waals surface area contributed by atoms with Crippen LogP contribution in [-0.4, -0.2) is 30.2 Å². The molecule has 0 aliphatic heterocycles. The van der Waals surface area contributed by atoms with Crippen molar-refractivity contribution in [3.05, 3.63) is 27.8 Å². The van der Waals surface area contributed by atoms with Gasteiger partial charge in [0.15, 0.2) is 11.5 Å². The molecule has 0 fully saturated rings. The molecule has 8 heteroatoms. The van der Waals surface area contributed by atoms with E-state index in [0.717, 1.165) is 6.07 Å². The summed E-state index contributed by atoms with van der Waals surface area (Å²) >= 11 is 0. The zero-order chi connectivity index (χ0) is 13.9. The molecular formula is C10H12N2O6. The van der Waals surface area contributed by atoms with Gasteiger partial charge in [-0.25, -0.2) is 0 Å². The van der Waals surface area contributed by atoms with E-state index in [0.29, 0.717) is 0 Å². The fourth-order valence-electron chi connectivity index (χ4n) is 1.42. The third kappa shape index (κ3) is 2.48. The highest BCUT2D eigenvalue weighted by atomic mass is 16.6. The maximum absolute atomic E-state index is 10.9. The van der Waals surface area contributed by atoms with E-state index in [1.165, 1.54) is 20.3 Å². The Bertz CT molecular complexity index is 488. The molecule has 0 saturated heterocycles. The second kappa shape index (κ2) is 5.32. The molecule has 0 bridgehead atoms. The largest absolute Gasteiger partial charge is 0.493 e. The number of carbonyl (C=O) groups is 1. The second-order valence-corrected chi connectivity index (χ2v) is 3.34. The van der Waals surface area contributed by atoms with Gasteiger partial charge < -0.3 is 20.3 Å². The van der Waals surface area contributed by atoms with Crippen LogP contribution < -0.4 is 15.2 Å². The van der Waals surface area contributed by atoms with Gasteiger partial charge in [0.2, 0.25) is 0 Å². The van der Waals surface area contributed by atoms with Crippen molar-refractivity contribution < 1.29 is 24.3 Å². The quantitative estimate of drug-likeness (QED) is 0.586. The molecule has 0 amide bonds. The molecule has 18 heavy (non-hydrogen) atoms. The molecule has 1 rings (SSSR count). The molecule has 0 saturated carbocycles. The van der Waals surface area contributed by atoms with Gasteiger partial charge in [-0.2, -0.15) is 0 Å². The van der Waals surface area contributed by atoms with Crippen LogP contribution in [0.2, 0.25) is 0 Å². The summed E-state index contributed by atoms with van der Waals surface area (Å²) in [5.41, 5.74) is 4.81. The summed E-state index contributed by atoms with van der Waals surface area (Å²) in [6.45, 7) is 0. The van der Waals surface area contributed by atoms with E-state index >= 15 is 0 Å². The molecule has 0 radical (unpaired) electrons. The lowest BCUT2D eigenvalue weighted by atomic mass is 10.0.